The number of carboxylic acids is 3. The topological polar surface area (TPSA) is 161 Å². The molecule has 11 heteroatoms. The summed E-state index contributed by atoms with van der Waals surface area (Å²) in [6, 6.07) is 0. The first-order chi connectivity index (χ1) is 11.0. The number of hydrogen-bond donors (Lipinski definition) is 2. The van der Waals surface area contributed by atoms with E-state index in [1.165, 1.54) is 32.1 Å². The van der Waals surface area contributed by atoms with E-state index >= 15 is 0 Å². The number of rotatable bonds is 12. The molecule has 8 nitrogen and oxygen atoms in total. The molecule has 142 valence electrons. The number of carbonyl (C=O) groups is 3. The zero-order valence-electron chi connectivity index (χ0n) is 17.3. The van der Waals surface area contributed by atoms with Gasteiger partial charge in [0.25, 0.3) is 0 Å². The SMILES string of the molecule is CC(C)CCCCCCCO.O=C([O-])CC(O)(CC(=O)[O-])C(=O)[O-].[Na+].[Na+].[Na+]. The molecule has 0 saturated heterocycles. The predicted octanol–water partition coefficient (Wildman–Crippen LogP) is -11.3. The normalized spacial score (nSPS) is 9.67. The number of carbonyl (C=O) groups excluding carboxylic acids is 3. The molecule has 0 aliphatic carbocycles. The zero-order valence-corrected chi connectivity index (χ0v) is 23.3. The van der Waals surface area contributed by atoms with E-state index in [1.807, 2.05) is 0 Å². The summed E-state index contributed by atoms with van der Waals surface area (Å²) in [5.74, 6) is -5.13. The fourth-order valence-corrected chi connectivity index (χ4v) is 1.88. The molecule has 0 bridgehead atoms. The van der Waals surface area contributed by atoms with Gasteiger partial charge in [-0.15, -0.1) is 0 Å². The first kappa shape index (κ1) is 38.9. The van der Waals surface area contributed by atoms with Gasteiger partial charge < -0.3 is 39.9 Å². The van der Waals surface area contributed by atoms with E-state index in [0.717, 1.165) is 12.3 Å². The summed E-state index contributed by atoms with van der Waals surface area (Å²) in [5, 5.41) is 47.4. The molecule has 0 aromatic carbocycles. The average molecular weight is 416 g/mol. The maximum atomic E-state index is 10.1. The van der Waals surface area contributed by atoms with Gasteiger partial charge in [0.2, 0.25) is 0 Å². The number of hydrogen-bond acceptors (Lipinski definition) is 8. The molecule has 0 spiro atoms. The van der Waals surface area contributed by atoms with Crippen molar-refractivity contribution in [2.75, 3.05) is 6.61 Å². The van der Waals surface area contributed by atoms with Gasteiger partial charge in [0.15, 0.2) is 0 Å². The van der Waals surface area contributed by atoms with Crippen LogP contribution in [0.3, 0.4) is 0 Å². The predicted molar refractivity (Wildman–Crippen MR) is 78.8 cm³/mol. The molecule has 27 heavy (non-hydrogen) atoms. The second kappa shape index (κ2) is 23.6. The van der Waals surface area contributed by atoms with Crippen molar-refractivity contribution in [1.82, 2.24) is 0 Å². The van der Waals surface area contributed by atoms with Gasteiger partial charge >= 0.3 is 88.7 Å². The van der Waals surface area contributed by atoms with Crippen molar-refractivity contribution < 1.29 is 129 Å². The van der Waals surface area contributed by atoms with Crippen LogP contribution in [0, 0.1) is 5.92 Å². The van der Waals surface area contributed by atoms with Crippen LogP contribution in [0.15, 0.2) is 0 Å². The minimum atomic E-state index is -2.97. The minimum Gasteiger partial charge on any atom is -0.550 e. The van der Waals surface area contributed by atoms with Crippen LogP contribution in [0.1, 0.15) is 65.2 Å². The first-order valence-electron chi connectivity index (χ1n) is 7.99. The Hall–Kier alpha value is 1.33. The molecule has 0 fully saturated rings. The van der Waals surface area contributed by atoms with Crippen molar-refractivity contribution >= 4 is 17.9 Å². The van der Waals surface area contributed by atoms with Crippen LogP contribution in [0.4, 0.5) is 0 Å². The summed E-state index contributed by atoms with van der Waals surface area (Å²) in [6.45, 7) is 4.91. The number of aliphatic carboxylic acids is 3. The van der Waals surface area contributed by atoms with Crippen molar-refractivity contribution in [3.63, 3.8) is 0 Å². The molecule has 0 rings (SSSR count). The Labute approximate surface area is 227 Å². The Morgan fingerprint density at radius 2 is 1.19 bits per heavy atom. The summed E-state index contributed by atoms with van der Waals surface area (Å²) < 4.78 is 0. The molecule has 0 unspecified atom stereocenters. The molecule has 0 aromatic heterocycles. The van der Waals surface area contributed by atoms with E-state index in [0.29, 0.717) is 6.61 Å². The molecule has 0 aliphatic heterocycles. The van der Waals surface area contributed by atoms with Gasteiger partial charge in [0, 0.05) is 31.4 Å². The number of carboxylic acid groups (broad SMARTS) is 3. The molecular formula is C16H27Na3O8. The fraction of sp³-hybridized carbons (Fsp3) is 0.812. The van der Waals surface area contributed by atoms with Crippen LogP contribution in [-0.2, 0) is 14.4 Å². The average Bonchev–Trinajstić information content (AvgIpc) is 2.41. The molecule has 0 heterocycles. The van der Waals surface area contributed by atoms with Crippen molar-refractivity contribution in [3.8, 4) is 0 Å². The van der Waals surface area contributed by atoms with Crippen LogP contribution in [-0.4, -0.2) is 40.3 Å². The van der Waals surface area contributed by atoms with Crippen molar-refractivity contribution in [2.45, 2.75) is 70.8 Å². The summed E-state index contributed by atoms with van der Waals surface area (Å²) in [6.07, 6.45) is 4.84. The maximum Gasteiger partial charge on any atom is 1.00 e. The Morgan fingerprint density at radius 1 is 0.815 bits per heavy atom. The molecule has 0 amide bonds. The van der Waals surface area contributed by atoms with E-state index in [1.54, 1.807) is 0 Å². The van der Waals surface area contributed by atoms with Gasteiger partial charge in [0.05, 0.1) is 5.97 Å². The summed E-state index contributed by atoms with van der Waals surface area (Å²) in [7, 11) is 0. The van der Waals surface area contributed by atoms with Gasteiger partial charge in [-0.25, -0.2) is 0 Å². The van der Waals surface area contributed by atoms with Crippen LogP contribution >= 0.6 is 0 Å². The Balaban J connectivity index is -0.000000109. The third-order valence-corrected chi connectivity index (χ3v) is 3.19. The molecule has 0 aliphatic rings. The fourth-order valence-electron chi connectivity index (χ4n) is 1.88. The van der Waals surface area contributed by atoms with Crippen LogP contribution < -0.4 is 104 Å². The van der Waals surface area contributed by atoms with Crippen molar-refractivity contribution in [1.29, 1.82) is 0 Å². The van der Waals surface area contributed by atoms with Crippen molar-refractivity contribution in [2.24, 2.45) is 5.92 Å². The molecular weight excluding hydrogens is 389 g/mol. The van der Waals surface area contributed by atoms with Gasteiger partial charge in [-0.1, -0.05) is 46.0 Å². The van der Waals surface area contributed by atoms with E-state index in [2.05, 4.69) is 13.8 Å². The van der Waals surface area contributed by atoms with E-state index < -0.39 is 36.4 Å². The monoisotopic (exact) mass is 416 g/mol. The zero-order chi connectivity index (χ0) is 19.2. The second-order valence-corrected chi connectivity index (χ2v) is 6.09. The summed E-state index contributed by atoms with van der Waals surface area (Å²) in [4.78, 5) is 30.0. The third-order valence-electron chi connectivity index (χ3n) is 3.19. The summed E-state index contributed by atoms with van der Waals surface area (Å²) >= 11 is 0. The van der Waals surface area contributed by atoms with Gasteiger partial charge in [-0.2, -0.15) is 0 Å². The van der Waals surface area contributed by atoms with Gasteiger partial charge in [0.1, 0.15) is 5.60 Å². The van der Waals surface area contributed by atoms with Gasteiger partial charge in [-0.05, 0) is 12.3 Å². The van der Waals surface area contributed by atoms with Crippen LogP contribution in [0.25, 0.3) is 0 Å². The van der Waals surface area contributed by atoms with E-state index in [-0.39, 0.29) is 88.7 Å². The third kappa shape index (κ3) is 27.3. The number of aliphatic hydroxyl groups excluding tert-OH is 1. The van der Waals surface area contributed by atoms with Crippen LogP contribution in [0.5, 0.6) is 0 Å². The largest absolute Gasteiger partial charge is 1.00 e. The molecule has 0 atom stereocenters. The smallest absolute Gasteiger partial charge is 0.550 e. The van der Waals surface area contributed by atoms with Crippen molar-refractivity contribution in [3.05, 3.63) is 0 Å². The second-order valence-electron chi connectivity index (χ2n) is 6.09. The molecule has 2 N–H and O–H groups in total. The Kier molecular flexibility index (Phi) is 34.0. The Morgan fingerprint density at radius 3 is 1.48 bits per heavy atom. The minimum absolute atomic E-state index is 0. The number of unbranched alkanes of at least 4 members (excludes halogenated alkanes) is 4. The molecule has 0 aromatic rings. The first-order valence-corrected chi connectivity index (χ1v) is 7.99. The summed E-state index contributed by atoms with van der Waals surface area (Å²) in [5.41, 5.74) is -2.97. The van der Waals surface area contributed by atoms with E-state index in [9.17, 15) is 29.7 Å². The maximum absolute atomic E-state index is 10.1. The van der Waals surface area contributed by atoms with E-state index in [4.69, 9.17) is 10.2 Å². The Bertz CT molecular complexity index is 376. The van der Waals surface area contributed by atoms with Crippen LogP contribution in [0.2, 0.25) is 0 Å². The molecule has 0 radical (unpaired) electrons. The van der Waals surface area contributed by atoms with Gasteiger partial charge in [-0.3, -0.25) is 0 Å². The quantitative estimate of drug-likeness (QED) is 0.234. The standard InChI is InChI=1S/C10H22O.C6H8O7.3Na/c1-10(2)8-6-4-3-5-7-9-11;7-3(8)1-6(13,5(11)12)2-4(9)10;;;/h10-11H,3-9H2,1-2H3;13H,1-2H2,(H,7,8)(H,9,10)(H,11,12);;;/q;;3*+1/p-3. The molecule has 0 saturated carbocycles. The number of aliphatic hydroxyl groups is 2.